The number of nitrogens with zero attached hydrogens (tertiary/aromatic N) is 3. The topological polar surface area (TPSA) is 58.1 Å². The Morgan fingerprint density at radius 1 is 1.30 bits per heavy atom. The van der Waals surface area contributed by atoms with E-state index >= 15 is 0 Å². The lowest BCUT2D eigenvalue weighted by molar-refractivity contribution is -0.117. The summed E-state index contributed by atoms with van der Waals surface area (Å²) in [5.74, 6) is 2.19. The Morgan fingerprint density at radius 2 is 2.17 bits per heavy atom. The van der Waals surface area contributed by atoms with E-state index < -0.39 is 0 Å². The minimum Gasteiger partial charge on any atom is -0.366 e. The van der Waals surface area contributed by atoms with Crippen LogP contribution in [0.5, 0.6) is 0 Å². The van der Waals surface area contributed by atoms with Crippen LogP contribution in [-0.2, 0) is 11.3 Å². The second-order valence-electron chi connectivity index (χ2n) is 6.13. The van der Waals surface area contributed by atoms with Crippen molar-refractivity contribution >= 4 is 17.4 Å². The van der Waals surface area contributed by atoms with Crippen LogP contribution in [0.4, 0.5) is 11.5 Å². The number of carbonyl (C=O) groups is 1. The highest BCUT2D eigenvalue weighted by Crippen LogP contribution is 2.22. The second-order valence-corrected chi connectivity index (χ2v) is 6.13. The smallest absolute Gasteiger partial charge is 0.227 e. The number of hydrogen-bond acceptors (Lipinski definition) is 4. The molecule has 1 aromatic carbocycles. The first-order valence-electron chi connectivity index (χ1n) is 8.09. The van der Waals surface area contributed by atoms with E-state index in [1.807, 2.05) is 23.1 Å². The van der Waals surface area contributed by atoms with Crippen LogP contribution in [0.3, 0.4) is 0 Å². The van der Waals surface area contributed by atoms with Crippen molar-refractivity contribution in [1.82, 2.24) is 9.97 Å². The molecule has 2 aromatic rings. The molecule has 1 N–H and O–H groups in total. The summed E-state index contributed by atoms with van der Waals surface area (Å²) in [7, 11) is 0. The largest absolute Gasteiger partial charge is 0.366 e. The van der Waals surface area contributed by atoms with Gasteiger partial charge in [0.1, 0.15) is 11.6 Å². The van der Waals surface area contributed by atoms with E-state index in [4.69, 9.17) is 0 Å². The number of anilines is 2. The standard InChI is InChI=1S/C18H22N4O/c1-13(2)18-19-9-8-16(21-18)20-12-14-5-3-6-15(11-14)22-10-4-7-17(22)23/h3,5-6,8-9,11,13H,4,7,10,12H2,1-2H3,(H,19,20,21). The van der Waals surface area contributed by atoms with Crippen molar-refractivity contribution in [1.29, 1.82) is 0 Å². The summed E-state index contributed by atoms with van der Waals surface area (Å²) in [6.07, 6.45) is 3.38. The van der Waals surface area contributed by atoms with Gasteiger partial charge in [0.25, 0.3) is 0 Å². The molecule has 1 fully saturated rings. The number of hydrogen-bond donors (Lipinski definition) is 1. The van der Waals surface area contributed by atoms with Crippen LogP contribution in [0.25, 0.3) is 0 Å². The number of amides is 1. The third-order valence-electron chi connectivity index (χ3n) is 3.96. The van der Waals surface area contributed by atoms with Crippen LogP contribution < -0.4 is 10.2 Å². The summed E-state index contributed by atoms with van der Waals surface area (Å²) < 4.78 is 0. The van der Waals surface area contributed by atoms with Gasteiger partial charge in [-0.05, 0) is 30.2 Å². The molecule has 0 aliphatic carbocycles. The van der Waals surface area contributed by atoms with Gasteiger partial charge in [-0.2, -0.15) is 0 Å². The van der Waals surface area contributed by atoms with Gasteiger partial charge in [-0.1, -0.05) is 26.0 Å². The quantitative estimate of drug-likeness (QED) is 0.920. The van der Waals surface area contributed by atoms with Crippen molar-refractivity contribution in [2.45, 2.75) is 39.2 Å². The van der Waals surface area contributed by atoms with Crippen LogP contribution in [0.1, 0.15) is 44.0 Å². The summed E-state index contributed by atoms with van der Waals surface area (Å²) in [4.78, 5) is 22.5. The first-order valence-corrected chi connectivity index (χ1v) is 8.09. The van der Waals surface area contributed by atoms with Gasteiger partial charge in [0.15, 0.2) is 0 Å². The molecule has 0 atom stereocenters. The van der Waals surface area contributed by atoms with E-state index in [0.29, 0.717) is 18.9 Å². The highest BCUT2D eigenvalue weighted by Gasteiger charge is 2.21. The summed E-state index contributed by atoms with van der Waals surface area (Å²) in [5, 5.41) is 3.33. The zero-order chi connectivity index (χ0) is 16.2. The van der Waals surface area contributed by atoms with E-state index in [9.17, 15) is 4.79 Å². The minimum absolute atomic E-state index is 0.215. The number of rotatable bonds is 5. The first kappa shape index (κ1) is 15.5. The normalized spacial score (nSPS) is 14.6. The first-order chi connectivity index (χ1) is 11.1. The molecule has 23 heavy (non-hydrogen) atoms. The fourth-order valence-corrected chi connectivity index (χ4v) is 2.70. The summed E-state index contributed by atoms with van der Waals surface area (Å²) in [6, 6.07) is 9.99. The maximum Gasteiger partial charge on any atom is 0.227 e. The Balaban J connectivity index is 1.69. The Morgan fingerprint density at radius 3 is 2.91 bits per heavy atom. The van der Waals surface area contributed by atoms with Gasteiger partial charge in [0, 0.05) is 37.3 Å². The molecule has 3 rings (SSSR count). The Kier molecular flexibility index (Phi) is 4.55. The molecule has 2 heterocycles. The van der Waals surface area contributed by atoms with Crippen molar-refractivity contribution in [3.63, 3.8) is 0 Å². The summed E-state index contributed by atoms with van der Waals surface area (Å²) >= 11 is 0. The van der Waals surface area contributed by atoms with Gasteiger partial charge < -0.3 is 10.2 Å². The minimum atomic E-state index is 0.215. The van der Waals surface area contributed by atoms with Crippen molar-refractivity contribution in [3.05, 3.63) is 47.9 Å². The maximum absolute atomic E-state index is 11.9. The molecular weight excluding hydrogens is 288 g/mol. The van der Waals surface area contributed by atoms with Crippen LogP contribution in [0, 0.1) is 0 Å². The predicted octanol–water partition coefficient (Wildman–Crippen LogP) is 3.34. The van der Waals surface area contributed by atoms with Crippen molar-refractivity contribution < 1.29 is 4.79 Å². The van der Waals surface area contributed by atoms with Gasteiger partial charge in [-0.25, -0.2) is 9.97 Å². The van der Waals surface area contributed by atoms with Crippen LogP contribution in [0.2, 0.25) is 0 Å². The van der Waals surface area contributed by atoms with Crippen molar-refractivity contribution in [2.75, 3.05) is 16.8 Å². The van der Waals surface area contributed by atoms with Crippen LogP contribution in [-0.4, -0.2) is 22.4 Å². The highest BCUT2D eigenvalue weighted by molar-refractivity contribution is 5.95. The van der Waals surface area contributed by atoms with Crippen molar-refractivity contribution in [2.24, 2.45) is 0 Å². The molecule has 0 bridgehead atoms. The predicted molar refractivity (Wildman–Crippen MR) is 91.5 cm³/mol. The van der Waals surface area contributed by atoms with E-state index in [0.717, 1.165) is 35.9 Å². The molecule has 1 aromatic heterocycles. The number of nitrogens with one attached hydrogen (secondary N) is 1. The third-order valence-corrected chi connectivity index (χ3v) is 3.96. The molecule has 5 nitrogen and oxygen atoms in total. The monoisotopic (exact) mass is 310 g/mol. The lowest BCUT2D eigenvalue weighted by atomic mass is 10.2. The maximum atomic E-state index is 11.9. The Labute approximate surface area is 136 Å². The molecule has 5 heteroatoms. The van der Waals surface area contributed by atoms with Crippen LogP contribution in [0.15, 0.2) is 36.5 Å². The van der Waals surface area contributed by atoms with Gasteiger partial charge in [-0.15, -0.1) is 0 Å². The van der Waals surface area contributed by atoms with Gasteiger partial charge in [0.05, 0.1) is 0 Å². The average Bonchev–Trinajstić information content (AvgIpc) is 2.99. The molecular formula is C18H22N4O. The zero-order valence-electron chi connectivity index (χ0n) is 13.6. The average molecular weight is 310 g/mol. The van der Waals surface area contributed by atoms with E-state index in [2.05, 4.69) is 41.3 Å². The molecule has 0 saturated carbocycles. The van der Waals surface area contributed by atoms with Crippen molar-refractivity contribution in [3.8, 4) is 0 Å². The lowest BCUT2D eigenvalue weighted by Gasteiger charge is -2.17. The molecule has 0 radical (unpaired) electrons. The molecule has 1 aliphatic rings. The zero-order valence-corrected chi connectivity index (χ0v) is 13.6. The number of benzene rings is 1. The van der Waals surface area contributed by atoms with Gasteiger partial charge in [0.2, 0.25) is 5.91 Å². The fourth-order valence-electron chi connectivity index (χ4n) is 2.70. The lowest BCUT2D eigenvalue weighted by Crippen LogP contribution is -2.23. The fraction of sp³-hybridized carbons (Fsp3) is 0.389. The Bertz CT molecular complexity index is 699. The summed E-state index contributed by atoms with van der Waals surface area (Å²) in [6.45, 7) is 5.65. The molecule has 1 amide bonds. The Hall–Kier alpha value is -2.43. The second kappa shape index (κ2) is 6.77. The SMILES string of the molecule is CC(C)c1nccc(NCc2cccc(N3CCCC3=O)c2)n1. The highest BCUT2D eigenvalue weighted by atomic mass is 16.2. The van der Waals surface area contributed by atoms with Gasteiger partial charge >= 0.3 is 0 Å². The van der Waals surface area contributed by atoms with E-state index in [1.165, 1.54) is 0 Å². The number of aromatic nitrogens is 2. The number of carbonyl (C=O) groups excluding carboxylic acids is 1. The molecule has 0 spiro atoms. The molecule has 1 saturated heterocycles. The molecule has 120 valence electrons. The third kappa shape index (κ3) is 3.67. The molecule has 0 unspecified atom stereocenters. The van der Waals surface area contributed by atoms with Gasteiger partial charge in [-0.3, -0.25) is 4.79 Å². The van der Waals surface area contributed by atoms with E-state index in [-0.39, 0.29) is 5.91 Å². The summed E-state index contributed by atoms with van der Waals surface area (Å²) in [5.41, 5.74) is 2.12. The van der Waals surface area contributed by atoms with E-state index in [1.54, 1.807) is 6.20 Å². The molecule has 1 aliphatic heterocycles. The van der Waals surface area contributed by atoms with Crippen LogP contribution >= 0.6 is 0 Å².